The Labute approximate surface area is 96.4 Å². The number of ether oxygens (including phenoxy) is 2. The first-order valence-corrected chi connectivity index (χ1v) is 5.46. The van der Waals surface area contributed by atoms with Crippen LogP contribution in [0.15, 0.2) is 24.3 Å². The minimum Gasteiger partial charge on any atom is -0.497 e. The maximum atomic E-state index is 10.6. The van der Waals surface area contributed by atoms with Gasteiger partial charge >= 0.3 is 0 Å². The van der Waals surface area contributed by atoms with Gasteiger partial charge in [-0.25, -0.2) is 0 Å². The molecule has 16 heavy (non-hydrogen) atoms. The molecule has 3 nitrogen and oxygen atoms in total. The molecule has 1 unspecified atom stereocenters. The van der Waals surface area contributed by atoms with Gasteiger partial charge in [-0.2, -0.15) is 0 Å². The van der Waals surface area contributed by atoms with Crippen LogP contribution in [0.2, 0.25) is 0 Å². The lowest BCUT2D eigenvalue weighted by molar-refractivity contribution is -0.113. The number of rotatable bonds is 7. The highest BCUT2D eigenvalue weighted by molar-refractivity contribution is 5.53. The molecule has 0 aliphatic heterocycles. The van der Waals surface area contributed by atoms with Crippen LogP contribution < -0.4 is 4.74 Å². The third-order valence-corrected chi connectivity index (χ3v) is 2.48. The fourth-order valence-corrected chi connectivity index (χ4v) is 1.30. The third kappa shape index (κ3) is 4.03. The highest BCUT2D eigenvalue weighted by Crippen LogP contribution is 2.12. The molecule has 0 spiro atoms. The first-order valence-electron chi connectivity index (χ1n) is 5.46. The smallest absolute Gasteiger partial charge is 0.125 e. The van der Waals surface area contributed by atoms with Gasteiger partial charge in [-0.05, 0) is 24.1 Å². The second-order valence-corrected chi connectivity index (χ2v) is 3.67. The molecule has 0 bridgehead atoms. The van der Waals surface area contributed by atoms with E-state index in [0.29, 0.717) is 13.2 Å². The zero-order valence-corrected chi connectivity index (χ0v) is 9.81. The van der Waals surface area contributed by atoms with Crippen LogP contribution in [0.4, 0.5) is 0 Å². The summed E-state index contributed by atoms with van der Waals surface area (Å²) in [4.78, 5) is 10.6. The standard InChI is InChI=1S/C13H18O3/c1-3-11(8-14)9-16-10-12-4-6-13(15-2)7-5-12/h4-8,11H,3,9-10H2,1-2H3. The molecule has 0 amide bonds. The molecule has 0 saturated carbocycles. The van der Waals surface area contributed by atoms with E-state index in [1.54, 1.807) is 7.11 Å². The molecule has 1 atom stereocenters. The topological polar surface area (TPSA) is 35.5 Å². The van der Waals surface area contributed by atoms with E-state index in [4.69, 9.17) is 9.47 Å². The Morgan fingerprint density at radius 3 is 2.50 bits per heavy atom. The van der Waals surface area contributed by atoms with Crippen molar-refractivity contribution in [1.29, 1.82) is 0 Å². The molecular formula is C13H18O3. The van der Waals surface area contributed by atoms with E-state index in [-0.39, 0.29) is 5.92 Å². The lowest BCUT2D eigenvalue weighted by Crippen LogP contribution is -2.09. The molecule has 1 aromatic carbocycles. The molecule has 0 heterocycles. The van der Waals surface area contributed by atoms with E-state index in [0.717, 1.165) is 24.0 Å². The molecule has 0 aliphatic rings. The van der Waals surface area contributed by atoms with Gasteiger partial charge in [0, 0.05) is 5.92 Å². The molecule has 1 aromatic rings. The van der Waals surface area contributed by atoms with Gasteiger partial charge in [-0.1, -0.05) is 19.1 Å². The molecule has 0 aliphatic carbocycles. The summed E-state index contributed by atoms with van der Waals surface area (Å²) in [6.45, 7) is 3.01. The second-order valence-electron chi connectivity index (χ2n) is 3.67. The highest BCUT2D eigenvalue weighted by Gasteiger charge is 2.04. The second kappa shape index (κ2) is 7.01. The van der Waals surface area contributed by atoms with E-state index in [9.17, 15) is 4.79 Å². The van der Waals surface area contributed by atoms with Crippen molar-refractivity contribution in [2.75, 3.05) is 13.7 Å². The number of methoxy groups -OCH3 is 1. The van der Waals surface area contributed by atoms with Crippen LogP contribution >= 0.6 is 0 Å². The summed E-state index contributed by atoms with van der Waals surface area (Å²) in [5.41, 5.74) is 1.08. The highest BCUT2D eigenvalue weighted by atomic mass is 16.5. The molecule has 1 rings (SSSR count). The fraction of sp³-hybridized carbons (Fsp3) is 0.462. The van der Waals surface area contributed by atoms with Crippen molar-refractivity contribution < 1.29 is 14.3 Å². The largest absolute Gasteiger partial charge is 0.497 e. The zero-order valence-electron chi connectivity index (χ0n) is 9.81. The molecule has 0 radical (unpaired) electrons. The minimum absolute atomic E-state index is 0.0123. The average Bonchev–Trinajstić information content (AvgIpc) is 2.35. The summed E-state index contributed by atoms with van der Waals surface area (Å²) < 4.78 is 10.5. The molecule has 3 heteroatoms. The van der Waals surface area contributed by atoms with Gasteiger partial charge < -0.3 is 14.3 Å². The molecule has 0 saturated heterocycles. The zero-order chi connectivity index (χ0) is 11.8. The Kier molecular flexibility index (Phi) is 5.57. The van der Waals surface area contributed by atoms with Gasteiger partial charge in [0.15, 0.2) is 0 Å². The minimum atomic E-state index is 0.0123. The Bertz CT molecular complexity index is 305. The Hall–Kier alpha value is -1.35. The van der Waals surface area contributed by atoms with Crippen LogP contribution in [0.5, 0.6) is 5.75 Å². The predicted molar refractivity (Wildman–Crippen MR) is 62.5 cm³/mol. The van der Waals surface area contributed by atoms with Crippen molar-refractivity contribution in [2.45, 2.75) is 20.0 Å². The van der Waals surface area contributed by atoms with Gasteiger partial charge in [0.25, 0.3) is 0 Å². The van der Waals surface area contributed by atoms with E-state index >= 15 is 0 Å². The molecule has 0 fully saturated rings. The van der Waals surface area contributed by atoms with Gasteiger partial charge in [-0.15, -0.1) is 0 Å². The summed E-state index contributed by atoms with van der Waals surface area (Å²) in [6.07, 6.45) is 1.78. The average molecular weight is 222 g/mol. The van der Waals surface area contributed by atoms with Crippen molar-refractivity contribution in [3.8, 4) is 5.75 Å². The van der Waals surface area contributed by atoms with Crippen molar-refractivity contribution >= 4 is 6.29 Å². The fourth-order valence-electron chi connectivity index (χ4n) is 1.30. The Balaban J connectivity index is 2.34. The van der Waals surface area contributed by atoms with Crippen molar-refractivity contribution in [2.24, 2.45) is 5.92 Å². The summed E-state index contributed by atoms with van der Waals surface area (Å²) >= 11 is 0. The Morgan fingerprint density at radius 2 is 2.00 bits per heavy atom. The summed E-state index contributed by atoms with van der Waals surface area (Å²) in [5, 5.41) is 0. The maximum Gasteiger partial charge on any atom is 0.125 e. The van der Waals surface area contributed by atoms with Crippen molar-refractivity contribution in [1.82, 2.24) is 0 Å². The number of benzene rings is 1. The molecule has 88 valence electrons. The number of hydrogen-bond donors (Lipinski definition) is 0. The van der Waals surface area contributed by atoms with Gasteiger partial charge in [0.2, 0.25) is 0 Å². The van der Waals surface area contributed by atoms with Crippen LogP contribution in [0.25, 0.3) is 0 Å². The van der Waals surface area contributed by atoms with Crippen LogP contribution in [-0.4, -0.2) is 20.0 Å². The molecule has 0 aromatic heterocycles. The maximum absolute atomic E-state index is 10.6. The number of carbonyl (C=O) groups excluding carboxylic acids is 1. The van der Waals surface area contributed by atoms with E-state index in [1.165, 1.54) is 0 Å². The normalized spacial score (nSPS) is 12.1. The SMILES string of the molecule is CCC(C=O)COCc1ccc(OC)cc1. The number of hydrogen-bond acceptors (Lipinski definition) is 3. The molecule has 0 N–H and O–H groups in total. The van der Waals surface area contributed by atoms with Gasteiger partial charge in [0.05, 0.1) is 20.3 Å². The number of carbonyl (C=O) groups is 1. The van der Waals surface area contributed by atoms with Crippen molar-refractivity contribution in [3.63, 3.8) is 0 Å². The molecular weight excluding hydrogens is 204 g/mol. The first kappa shape index (κ1) is 12.7. The van der Waals surface area contributed by atoms with E-state index < -0.39 is 0 Å². The van der Waals surface area contributed by atoms with Crippen LogP contribution in [0.3, 0.4) is 0 Å². The summed E-state index contributed by atoms with van der Waals surface area (Å²) in [5.74, 6) is 0.848. The Morgan fingerprint density at radius 1 is 1.31 bits per heavy atom. The van der Waals surface area contributed by atoms with Crippen LogP contribution in [-0.2, 0) is 16.1 Å². The third-order valence-electron chi connectivity index (χ3n) is 2.48. The van der Waals surface area contributed by atoms with E-state index in [2.05, 4.69) is 0 Å². The van der Waals surface area contributed by atoms with Gasteiger partial charge in [-0.3, -0.25) is 0 Å². The van der Waals surface area contributed by atoms with E-state index in [1.807, 2.05) is 31.2 Å². The lowest BCUT2D eigenvalue weighted by Gasteiger charge is -2.08. The lowest BCUT2D eigenvalue weighted by atomic mass is 10.1. The van der Waals surface area contributed by atoms with Gasteiger partial charge in [0.1, 0.15) is 12.0 Å². The van der Waals surface area contributed by atoms with Crippen LogP contribution in [0.1, 0.15) is 18.9 Å². The predicted octanol–water partition coefficient (Wildman–Crippen LogP) is 2.44. The monoisotopic (exact) mass is 222 g/mol. The quantitative estimate of drug-likeness (QED) is 0.665. The first-order chi connectivity index (χ1) is 7.80. The van der Waals surface area contributed by atoms with Crippen molar-refractivity contribution in [3.05, 3.63) is 29.8 Å². The number of aldehydes is 1. The summed E-state index contributed by atoms with van der Waals surface area (Å²) in [6, 6.07) is 7.72. The summed E-state index contributed by atoms with van der Waals surface area (Å²) in [7, 11) is 1.64. The van der Waals surface area contributed by atoms with Crippen LogP contribution in [0, 0.1) is 5.92 Å².